The summed E-state index contributed by atoms with van der Waals surface area (Å²) < 4.78 is 1.70. The Bertz CT molecular complexity index is 498. The molecule has 4 nitrogen and oxygen atoms in total. The first-order valence-corrected chi connectivity index (χ1v) is 5.61. The largest absolute Gasteiger partial charge is 0.326 e. The van der Waals surface area contributed by atoms with E-state index in [2.05, 4.69) is 10.1 Å². The topological polar surface area (TPSA) is 56.2 Å². The van der Waals surface area contributed by atoms with Gasteiger partial charge in [0.15, 0.2) is 11.5 Å². The molecule has 0 aliphatic carbocycles. The van der Waals surface area contributed by atoms with E-state index >= 15 is 0 Å². The van der Waals surface area contributed by atoms with Crippen LogP contribution >= 0.6 is 11.6 Å². The van der Waals surface area contributed by atoms with E-state index in [4.69, 9.17) is 17.3 Å². The van der Waals surface area contributed by atoms with Crippen LogP contribution in [0.15, 0.2) is 18.3 Å². The lowest BCUT2D eigenvalue weighted by molar-refractivity contribution is 0.471. The number of halogens is 1. The number of fused-ring (bicyclic) bond motifs is 1. The molecule has 0 saturated carbocycles. The first-order valence-electron chi connectivity index (χ1n) is 5.24. The standard InChI is InChI=1S/C11H15ClN4/c1-11(2,13)6-5-9-14-10-4-3-8(12)7-16(10)15-9/h3-4,7H,5-6,13H2,1-2H3. The molecule has 16 heavy (non-hydrogen) atoms. The average molecular weight is 239 g/mol. The molecule has 0 amide bonds. The van der Waals surface area contributed by atoms with Crippen LogP contribution in [-0.4, -0.2) is 20.1 Å². The maximum Gasteiger partial charge on any atom is 0.155 e. The number of rotatable bonds is 3. The summed E-state index contributed by atoms with van der Waals surface area (Å²) in [5.74, 6) is 0.806. The molecule has 0 radical (unpaired) electrons. The van der Waals surface area contributed by atoms with Crippen LogP contribution in [0.1, 0.15) is 26.1 Å². The van der Waals surface area contributed by atoms with Crippen LogP contribution in [0.2, 0.25) is 5.02 Å². The lowest BCUT2D eigenvalue weighted by Gasteiger charge is -2.16. The van der Waals surface area contributed by atoms with Crippen molar-refractivity contribution in [3.63, 3.8) is 0 Å². The zero-order chi connectivity index (χ0) is 11.8. The van der Waals surface area contributed by atoms with E-state index < -0.39 is 0 Å². The lowest BCUT2D eigenvalue weighted by atomic mass is 10.0. The molecule has 0 fully saturated rings. The van der Waals surface area contributed by atoms with Crippen LogP contribution in [0.25, 0.3) is 5.65 Å². The Balaban J connectivity index is 2.20. The lowest BCUT2D eigenvalue weighted by Crippen LogP contribution is -2.32. The summed E-state index contributed by atoms with van der Waals surface area (Å²) >= 11 is 5.87. The van der Waals surface area contributed by atoms with Gasteiger partial charge in [-0.25, -0.2) is 9.50 Å². The minimum atomic E-state index is -0.185. The van der Waals surface area contributed by atoms with Gasteiger partial charge >= 0.3 is 0 Å². The zero-order valence-electron chi connectivity index (χ0n) is 9.44. The van der Waals surface area contributed by atoms with Gasteiger partial charge < -0.3 is 5.73 Å². The first-order chi connectivity index (χ1) is 7.44. The SMILES string of the molecule is CC(C)(N)CCc1nc2ccc(Cl)cn2n1. The van der Waals surface area contributed by atoms with Gasteiger partial charge in [0.1, 0.15) is 0 Å². The van der Waals surface area contributed by atoms with Gasteiger partial charge in [-0.1, -0.05) is 11.6 Å². The molecular formula is C11H15ClN4. The summed E-state index contributed by atoms with van der Waals surface area (Å²) in [6.07, 6.45) is 3.39. The van der Waals surface area contributed by atoms with Gasteiger partial charge in [-0.05, 0) is 32.4 Å². The molecular weight excluding hydrogens is 224 g/mol. The van der Waals surface area contributed by atoms with Crippen LogP contribution in [0, 0.1) is 0 Å². The minimum Gasteiger partial charge on any atom is -0.326 e. The van der Waals surface area contributed by atoms with Crippen LogP contribution < -0.4 is 5.73 Å². The molecule has 2 rings (SSSR count). The van der Waals surface area contributed by atoms with Crippen molar-refractivity contribution in [1.82, 2.24) is 14.6 Å². The monoisotopic (exact) mass is 238 g/mol. The van der Waals surface area contributed by atoms with Crippen LogP contribution in [0.3, 0.4) is 0 Å². The number of nitrogens with zero attached hydrogens (tertiary/aromatic N) is 3. The van der Waals surface area contributed by atoms with Crippen molar-refractivity contribution in [2.75, 3.05) is 0 Å². The molecule has 2 N–H and O–H groups in total. The van der Waals surface area contributed by atoms with Gasteiger partial charge in [0, 0.05) is 18.2 Å². The summed E-state index contributed by atoms with van der Waals surface area (Å²) in [4.78, 5) is 4.39. The number of aromatic nitrogens is 3. The minimum absolute atomic E-state index is 0.185. The normalized spacial score (nSPS) is 12.2. The highest BCUT2D eigenvalue weighted by molar-refractivity contribution is 6.30. The maximum absolute atomic E-state index is 5.92. The third-order valence-electron chi connectivity index (χ3n) is 2.33. The summed E-state index contributed by atoms with van der Waals surface area (Å²) in [5, 5.41) is 5.00. The summed E-state index contributed by atoms with van der Waals surface area (Å²) in [7, 11) is 0. The number of hydrogen-bond acceptors (Lipinski definition) is 3. The Morgan fingerprint density at radius 3 is 2.88 bits per heavy atom. The van der Waals surface area contributed by atoms with E-state index in [9.17, 15) is 0 Å². The van der Waals surface area contributed by atoms with Crippen LogP contribution in [0.5, 0.6) is 0 Å². The highest BCUT2D eigenvalue weighted by Gasteiger charge is 2.12. The molecule has 2 heterocycles. The molecule has 0 bridgehead atoms. The van der Waals surface area contributed by atoms with E-state index in [-0.39, 0.29) is 5.54 Å². The number of aryl methyl sites for hydroxylation is 1. The van der Waals surface area contributed by atoms with Gasteiger partial charge in [0.2, 0.25) is 0 Å². The van der Waals surface area contributed by atoms with Crippen molar-refractivity contribution < 1.29 is 0 Å². The average Bonchev–Trinajstić information content (AvgIpc) is 2.55. The van der Waals surface area contributed by atoms with Crippen molar-refractivity contribution in [3.8, 4) is 0 Å². The predicted molar refractivity (Wildman–Crippen MR) is 64.6 cm³/mol. The quantitative estimate of drug-likeness (QED) is 0.891. The van der Waals surface area contributed by atoms with Crippen molar-refractivity contribution in [3.05, 3.63) is 29.2 Å². The second kappa shape index (κ2) is 4.03. The van der Waals surface area contributed by atoms with Gasteiger partial charge in [0.05, 0.1) is 5.02 Å². The molecule has 2 aromatic heterocycles. The molecule has 0 unspecified atom stereocenters. The Labute approximate surface area is 99.4 Å². The number of hydrogen-bond donors (Lipinski definition) is 1. The second-order valence-corrected chi connectivity index (χ2v) is 5.10. The fourth-order valence-electron chi connectivity index (χ4n) is 1.44. The van der Waals surface area contributed by atoms with Crippen molar-refractivity contribution >= 4 is 17.2 Å². The molecule has 0 saturated heterocycles. The third kappa shape index (κ3) is 2.71. The highest BCUT2D eigenvalue weighted by Crippen LogP contribution is 2.12. The van der Waals surface area contributed by atoms with Gasteiger partial charge in [0.25, 0.3) is 0 Å². The van der Waals surface area contributed by atoms with Crippen LogP contribution in [-0.2, 0) is 6.42 Å². The third-order valence-corrected chi connectivity index (χ3v) is 2.56. The molecule has 0 aromatic carbocycles. The smallest absolute Gasteiger partial charge is 0.155 e. The molecule has 0 aliphatic rings. The van der Waals surface area contributed by atoms with E-state index in [1.54, 1.807) is 10.7 Å². The van der Waals surface area contributed by atoms with E-state index in [0.717, 1.165) is 24.3 Å². The summed E-state index contributed by atoms with van der Waals surface area (Å²) in [6, 6.07) is 3.66. The molecule has 2 aromatic rings. The predicted octanol–water partition coefficient (Wildman–Crippen LogP) is 2.05. The maximum atomic E-state index is 5.92. The Morgan fingerprint density at radius 1 is 1.44 bits per heavy atom. The highest BCUT2D eigenvalue weighted by atomic mass is 35.5. The molecule has 86 valence electrons. The first kappa shape index (κ1) is 11.4. The second-order valence-electron chi connectivity index (χ2n) is 4.67. The van der Waals surface area contributed by atoms with Crippen molar-refractivity contribution in [2.45, 2.75) is 32.2 Å². The van der Waals surface area contributed by atoms with Crippen molar-refractivity contribution in [2.24, 2.45) is 5.73 Å². The van der Waals surface area contributed by atoms with Crippen molar-refractivity contribution in [1.29, 1.82) is 0 Å². The zero-order valence-corrected chi connectivity index (χ0v) is 10.2. The number of nitrogens with two attached hydrogens (primary N) is 1. The van der Waals surface area contributed by atoms with E-state index in [0.29, 0.717) is 5.02 Å². The molecule has 0 spiro atoms. The summed E-state index contributed by atoms with van der Waals surface area (Å²) in [6.45, 7) is 4.00. The Morgan fingerprint density at radius 2 is 2.19 bits per heavy atom. The molecule has 5 heteroatoms. The van der Waals surface area contributed by atoms with Crippen LogP contribution in [0.4, 0.5) is 0 Å². The molecule has 0 aliphatic heterocycles. The Hall–Kier alpha value is -1.13. The molecule has 0 atom stereocenters. The van der Waals surface area contributed by atoms with Gasteiger partial charge in [-0.2, -0.15) is 5.10 Å². The van der Waals surface area contributed by atoms with E-state index in [1.807, 2.05) is 26.0 Å². The Kier molecular flexibility index (Phi) is 2.86. The van der Waals surface area contributed by atoms with E-state index in [1.165, 1.54) is 0 Å². The number of pyridine rings is 1. The fraction of sp³-hybridized carbons (Fsp3) is 0.455. The van der Waals surface area contributed by atoms with Gasteiger partial charge in [-0.3, -0.25) is 0 Å². The van der Waals surface area contributed by atoms with Gasteiger partial charge in [-0.15, -0.1) is 0 Å². The fourth-order valence-corrected chi connectivity index (χ4v) is 1.60. The summed E-state index contributed by atoms with van der Waals surface area (Å²) in [5.41, 5.74) is 6.55.